The van der Waals surface area contributed by atoms with Crippen molar-refractivity contribution in [2.75, 3.05) is 19.4 Å². The summed E-state index contributed by atoms with van der Waals surface area (Å²) in [6.45, 7) is 4.00. The van der Waals surface area contributed by atoms with Crippen LogP contribution in [-0.2, 0) is 16.1 Å². The molecule has 1 rings (SSSR count). The Kier molecular flexibility index (Phi) is 7.53. The van der Waals surface area contributed by atoms with Crippen molar-refractivity contribution in [1.82, 2.24) is 5.32 Å². The molecule has 0 saturated heterocycles. The molecule has 0 amide bonds. The van der Waals surface area contributed by atoms with Gasteiger partial charge in [-0.2, -0.15) is 0 Å². The molecule has 1 aromatic rings. The Bertz CT molecular complexity index is 369. The van der Waals surface area contributed by atoms with Crippen LogP contribution in [0.4, 0.5) is 0 Å². The fourth-order valence-electron chi connectivity index (χ4n) is 1.52. The predicted octanol–water partition coefficient (Wildman–Crippen LogP) is 2.84. The molecule has 0 saturated carbocycles. The normalized spacial score (nSPS) is 10.3. The van der Waals surface area contributed by atoms with E-state index < -0.39 is 0 Å². The van der Waals surface area contributed by atoms with Crippen molar-refractivity contribution in [2.45, 2.75) is 31.2 Å². The van der Waals surface area contributed by atoms with Crippen LogP contribution in [0.15, 0.2) is 29.2 Å². The van der Waals surface area contributed by atoms with Crippen LogP contribution in [0, 0.1) is 0 Å². The fraction of sp³-hybridized carbons (Fsp3) is 0.500. The number of thioether (sulfide) groups is 1. The Labute approximate surface area is 113 Å². The monoisotopic (exact) mass is 267 g/mol. The van der Waals surface area contributed by atoms with Gasteiger partial charge in [-0.05, 0) is 36.4 Å². The minimum atomic E-state index is -0.128. The molecule has 0 aromatic heterocycles. The van der Waals surface area contributed by atoms with Crippen molar-refractivity contribution in [1.29, 1.82) is 0 Å². The number of carbonyl (C=O) groups excluding carboxylic acids is 1. The van der Waals surface area contributed by atoms with Crippen molar-refractivity contribution < 1.29 is 9.53 Å². The summed E-state index contributed by atoms with van der Waals surface area (Å²) in [5.41, 5.74) is 1.30. The highest BCUT2D eigenvalue weighted by molar-refractivity contribution is 7.99. The first-order valence-electron chi connectivity index (χ1n) is 6.25. The van der Waals surface area contributed by atoms with E-state index in [1.807, 2.05) is 0 Å². The molecule has 0 heterocycles. The van der Waals surface area contributed by atoms with E-state index in [1.165, 1.54) is 17.6 Å². The van der Waals surface area contributed by atoms with E-state index in [0.717, 1.165) is 25.3 Å². The minimum Gasteiger partial charge on any atom is -0.469 e. The van der Waals surface area contributed by atoms with Crippen molar-refractivity contribution in [3.05, 3.63) is 29.8 Å². The van der Waals surface area contributed by atoms with Crippen molar-refractivity contribution in [3.8, 4) is 0 Å². The molecule has 0 atom stereocenters. The van der Waals surface area contributed by atoms with Gasteiger partial charge in [-0.25, -0.2) is 0 Å². The predicted molar refractivity (Wildman–Crippen MR) is 75.8 cm³/mol. The summed E-state index contributed by atoms with van der Waals surface area (Å²) in [5, 5.41) is 3.31. The number of hydrogen-bond acceptors (Lipinski definition) is 4. The van der Waals surface area contributed by atoms with Crippen LogP contribution in [0.25, 0.3) is 0 Å². The number of carbonyl (C=O) groups is 1. The third-order valence-corrected chi connectivity index (χ3v) is 3.58. The lowest BCUT2D eigenvalue weighted by atomic mass is 10.2. The summed E-state index contributed by atoms with van der Waals surface area (Å²) in [6, 6.07) is 8.51. The van der Waals surface area contributed by atoms with Gasteiger partial charge in [0.1, 0.15) is 0 Å². The Balaban J connectivity index is 2.31. The maximum atomic E-state index is 11.0. The molecular weight excluding hydrogens is 246 g/mol. The van der Waals surface area contributed by atoms with Gasteiger partial charge in [-0.15, -0.1) is 11.8 Å². The molecular formula is C14H21NO2S. The smallest absolute Gasteiger partial charge is 0.305 e. The third kappa shape index (κ3) is 6.07. The topological polar surface area (TPSA) is 38.3 Å². The van der Waals surface area contributed by atoms with Crippen LogP contribution >= 0.6 is 11.8 Å². The van der Waals surface area contributed by atoms with E-state index in [0.29, 0.717) is 6.42 Å². The summed E-state index contributed by atoms with van der Waals surface area (Å²) < 4.78 is 4.61. The number of nitrogens with one attached hydrogen (secondary N) is 1. The molecule has 0 aliphatic carbocycles. The van der Waals surface area contributed by atoms with E-state index in [1.54, 1.807) is 11.8 Å². The lowest BCUT2D eigenvalue weighted by Crippen LogP contribution is -2.11. The third-order valence-electron chi connectivity index (χ3n) is 2.50. The van der Waals surface area contributed by atoms with E-state index in [4.69, 9.17) is 0 Å². The van der Waals surface area contributed by atoms with E-state index in [9.17, 15) is 4.79 Å². The molecule has 0 radical (unpaired) electrons. The van der Waals surface area contributed by atoms with Crippen LogP contribution in [0.1, 0.15) is 25.3 Å². The Hall–Kier alpha value is -1.00. The zero-order valence-electron chi connectivity index (χ0n) is 11.1. The first kappa shape index (κ1) is 15.1. The highest BCUT2D eigenvalue weighted by Crippen LogP contribution is 2.20. The molecule has 0 bridgehead atoms. The summed E-state index contributed by atoms with van der Waals surface area (Å²) in [7, 11) is 1.43. The van der Waals surface area contributed by atoms with Gasteiger partial charge in [0.05, 0.1) is 7.11 Å². The first-order chi connectivity index (χ1) is 8.76. The lowest BCUT2D eigenvalue weighted by molar-refractivity contribution is -0.140. The molecule has 1 N–H and O–H groups in total. The summed E-state index contributed by atoms with van der Waals surface area (Å²) >= 11 is 1.78. The zero-order valence-corrected chi connectivity index (χ0v) is 11.9. The number of methoxy groups -OCH3 is 1. The zero-order chi connectivity index (χ0) is 13.2. The molecule has 0 aliphatic heterocycles. The van der Waals surface area contributed by atoms with Gasteiger partial charge in [0, 0.05) is 17.9 Å². The number of rotatable bonds is 8. The largest absolute Gasteiger partial charge is 0.469 e. The second-order valence-corrected chi connectivity index (χ2v) is 5.12. The molecule has 100 valence electrons. The summed E-state index contributed by atoms with van der Waals surface area (Å²) in [4.78, 5) is 12.2. The quantitative estimate of drug-likeness (QED) is 0.446. The Morgan fingerprint density at radius 1 is 1.44 bits per heavy atom. The minimum absolute atomic E-state index is 0.128. The van der Waals surface area contributed by atoms with Gasteiger partial charge in [-0.3, -0.25) is 4.79 Å². The molecule has 3 nitrogen and oxygen atoms in total. The molecule has 4 heteroatoms. The van der Waals surface area contributed by atoms with Crippen LogP contribution in [0.3, 0.4) is 0 Å². The van der Waals surface area contributed by atoms with Crippen molar-refractivity contribution in [3.63, 3.8) is 0 Å². The average molecular weight is 267 g/mol. The van der Waals surface area contributed by atoms with Gasteiger partial charge in [0.2, 0.25) is 0 Å². The highest BCUT2D eigenvalue weighted by atomic mass is 32.2. The van der Waals surface area contributed by atoms with E-state index in [2.05, 4.69) is 41.2 Å². The van der Waals surface area contributed by atoms with Crippen LogP contribution in [-0.4, -0.2) is 25.4 Å². The maximum absolute atomic E-state index is 11.0. The average Bonchev–Trinajstić information content (AvgIpc) is 2.41. The van der Waals surface area contributed by atoms with Gasteiger partial charge in [0.25, 0.3) is 0 Å². The summed E-state index contributed by atoms with van der Waals surface area (Å²) in [5.74, 6) is 0.816. The van der Waals surface area contributed by atoms with Gasteiger partial charge < -0.3 is 10.1 Å². The molecule has 18 heavy (non-hydrogen) atoms. The van der Waals surface area contributed by atoms with Gasteiger partial charge in [0.15, 0.2) is 0 Å². The van der Waals surface area contributed by atoms with Crippen molar-refractivity contribution in [2.24, 2.45) is 0 Å². The second-order valence-electron chi connectivity index (χ2n) is 3.96. The molecule has 0 fully saturated rings. The number of benzene rings is 1. The molecule has 0 unspecified atom stereocenters. The number of esters is 1. The van der Waals surface area contributed by atoms with Crippen LogP contribution in [0.5, 0.6) is 0 Å². The number of hydrogen-bond donors (Lipinski definition) is 1. The summed E-state index contributed by atoms with van der Waals surface area (Å²) in [6.07, 6.45) is 1.36. The van der Waals surface area contributed by atoms with Gasteiger partial charge >= 0.3 is 5.97 Å². The van der Waals surface area contributed by atoms with Crippen molar-refractivity contribution >= 4 is 17.7 Å². The molecule has 1 aromatic carbocycles. The Morgan fingerprint density at radius 3 is 3.00 bits per heavy atom. The van der Waals surface area contributed by atoms with Crippen LogP contribution < -0.4 is 5.32 Å². The Morgan fingerprint density at radius 2 is 2.28 bits per heavy atom. The maximum Gasteiger partial charge on any atom is 0.305 e. The van der Waals surface area contributed by atoms with E-state index >= 15 is 0 Å². The number of ether oxygens (including phenoxy) is 1. The second kappa shape index (κ2) is 9.00. The highest BCUT2D eigenvalue weighted by Gasteiger charge is 2.01. The molecule has 0 spiro atoms. The van der Waals surface area contributed by atoms with Gasteiger partial charge in [-0.1, -0.05) is 19.1 Å². The SMILES string of the molecule is CCNCc1cccc(SCCCC(=O)OC)c1. The van der Waals surface area contributed by atoms with Crippen LogP contribution in [0.2, 0.25) is 0 Å². The molecule has 0 aliphatic rings. The van der Waals surface area contributed by atoms with E-state index in [-0.39, 0.29) is 5.97 Å². The first-order valence-corrected chi connectivity index (χ1v) is 7.24. The fourth-order valence-corrected chi connectivity index (χ4v) is 2.46. The standard InChI is InChI=1S/C14H21NO2S/c1-3-15-11-12-6-4-7-13(10-12)18-9-5-8-14(16)17-2/h4,6-7,10,15H,3,5,8-9,11H2,1-2H3. The lowest BCUT2D eigenvalue weighted by Gasteiger charge is -2.05.